The van der Waals surface area contributed by atoms with Crippen LogP contribution in [0, 0.1) is 0 Å². The third-order valence-electron chi connectivity index (χ3n) is 2.67. The van der Waals surface area contributed by atoms with Crippen LogP contribution < -0.4 is 4.74 Å². The molecule has 20 heavy (non-hydrogen) atoms. The first-order valence-corrected chi connectivity index (χ1v) is 7.76. The first kappa shape index (κ1) is 14.6. The van der Waals surface area contributed by atoms with Gasteiger partial charge in [0.15, 0.2) is 6.35 Å². The Morgan fingerprint density at radius 3 is 1.90 bits per heavy atom. The van der Waals surface area contributed by atoms with Crippen LogP contribution in [0.5, 0.6) is 11.5 Å². The Labute approximate surface area is 116 Å². The SMILES string of the molecule is O=P(O)(O)COc1ccc(Cc2ccc(O)cc2)cc1. The molecule has 0 heterocycles. The summed E-state index contributed by atoms with van der Waals surface area (Å²) < 4.78 is 15.7. The van der Waals surface area contributed by atoms with E-state index in [0.29, 0.717) is 12.2 Å². The molecule has 3 N–H and O–H groups in total. The fraction of sp³-hybridized carbons (Fsp3) is 0.143. The quantitative estimate of drug-likeness (QED) is 0.737. The van der Waals surface area contributed by atoms with E-state index in [1.54, 1.807) is 24.3 Å². The van der Waals surface area contributed by atoms with Crippen molar-refractivity contribution < 1.29 is 24.2 Å². The smallest absolute Gasteiger partial charge is 0.362 e. The molecule has 2 rings (SSSR count). The number of rotatable bonds is 5. The van der Waals surface area contributed by atoms with E-state index in [0.717, 1.165) is 11.1 Å². The first-order chi connectivity index (χ1) is 9.42. The highest BCUT2D eigenvalue weighted by molar-refractivity contribution is 7.51. The Morgan fingerprint density at radius 2 is 1.40 bits per heavy atom. The molecule has 0 unspecified atom stereocenters. The van der Waals surface area contributed by atoms with Crippen LogP contribution in [0.2, 0.25) is 0 Å². The van der Waals surface area contributed by atoms with Crippen molar-refractivity contribution in [3.63, 3.8) is 0 Å². The van der Waals surface area contributed by atoms with E-state index in [1.165, 1.54) is 0 Å². The largest absolute Gasteiger partial charge is 0.508 e. The van der Waals surface area contributed by atoms with Crippen LogP contribution in [0.15, 0.2) is 48.5 Å². The molecule has 106 valence electrons. The molecular formula is C14H15O5P. The van der Waals surface area contributed by atoms with Crippen LogP contribution in [0.25, 0.3) is 0 Å². The van der Waals surface area contributed by atoms with E-state index in [2.05, 4.69) is 0 Å². The van der Waals surface area contributed by atoms with E-state index < -0.39 is 13.9 Å². The number of hydrogen-bond donors (Lipinski definition) is 3. The van der Waals surface area contributed by atoms with Crippen LogP contribution >= 0.6 is 7.60 Å². The average Bonchev–Trinajstić information content (AvgIpc) is 2.40. The van der Waals surface area contributed by atoms with Gasteiger partial charge in [-0.3, -0.25) is 4.57 Å². The van der Waals surface area contributed by atoms with Crippen molar-refractivity contribution in [2.45, 2.75) is 6.42 Å². The zero-order valence-corrected chi connectivity index (χ0v) is 11.5. The summed E-state index contributed by atoms with van der Waals surface area (Å²) in [5.74, 6) is 0.651. The molecule has 0 radical (unpaired) electrons. The maximum absolute atomic E-state index is 10.7. The normalized spacial score (nSPS) is 11.3. The van der Waals surface area contributed by atoms with Gasteiger partial charge in [0.1, 0.15) is 11.5 Å². The highest BCUT2D eigenvalue weighted by atomic mass is 31.2. The monoisotopic (exact) mass is 294 g/mol. The predicted molar refractivity (Wildman–Crippen MR) is 74.9 cm³/mol. The number of phenolic OH excluding ortho intramolecular Hbond substituents is 1. The fourth-order valence-electron chi connectivity index (χ4n) is 1.71. The average molecular weight is 294 g/mol. The summed E-state index contributed by atoms with van der Waals surface area (Å²) in [6.45, 7) is 0. The van der Waals surface area contributed by atoms with Crippen molar-refractivity contribution in [3.05, 3.63) is 59.7 Å². The van der Waals surface area contributed by atoms with Gasteiger partial charge in [-0.1, -0.05) is 24.3 Å². The van der Waals surface area contributed by atoms with Crippen LogP contribution in [0.3, 0.4) is 0 Å². The number of benzene rings is 2. The summed E-state index contributed by atoms with van der Waals surface area (Å²) in [6, 6.07) is 14.0. The molecular weight excluding hydrogens is 279 g/mol. The molecule has 0 atom stereocenters. The van der Waals surface area contributed by atoms with Gasteiger partial charge < -0.3 is 19.6 Å². The van der Waals surface area contributed by atoms with E-state index in [9.17, 15) is 9.67 Å². The molecule has 0 saturated carbocycles. The maximum Gasteiger partial charge on any atom is 0.362 e. The molecule has 2 aromatic rings. The molecule has 5 nitrogen and oxygen atoms in total. The number of ether oxygens (including phenoxy) is 1. The minimum Gasteiger partial charge on any atom is -0.508 e. The molecule has 0 aromatic heterocycles. The second-order valence-corrected chi connectivity index (χ2v) is 6.01. The maximum atomic E-state index is 10.7. The van der Waals surface area contributed by atoms with Gasteiger partial charge >= 0.3 is 7.60 Å². The van der Waals surface area contributed by atoms with Crippen LogP contribution in [-0.2, 0) is 11.0 Å². The summed E-state index contributed by atoms with van der Waals surface area (Å²) in [4.78, 5) is 17.4. The lowest BCUT2D eigenvalue weighted by atomic mass is 10.1. The van der Waals surface area contributed by atoms with E-state index >= 15 is 0 Å². The summed E-state index contributed by atoms with van der Waals surface area (Å²) in [5, 5.41) is 9.20. The van der Waals surface area contributed by atoms with Gasteiger partial charge in [0.2, 0.25) is 0 Å². The lowest BCUT2D eigenvalue weighted by Crippen LogP contribution is -1.98. The molecule has 2 aromatic carbocycles. The zero-order valence-electron chi connectivity index (χ0n) is 10.6. The topological polar surface area (TPSA) is 87.0 Å². The fourth-order valence-corrected chi connectivity index (χ4v) is 2.03. The highest BCUT2D eigenvalue weighted by Crippen LogP contribution is 2.34. The second-order valence-electron chi connectivity index (χ2n) is 4.43. The molecule has 0 aliphatic rings. The van der Waals surface area contributed by atoms with Gasteiger partial charge in [0.25, 0.3) is 0 Å². The van der Waals surface area contributed by atoms with Gasteiger partial charge in [0, 0.05) is 0 Å². The van der Waals surface area contributed by atoms with E-state index in [4.69, 9.17) is 14.5 Å². The lowest BCUT2D eigenvalue weighted by molar-refractivity contribution is 0.300. The number of phenols is 1. The lowest BCUT2D eigenvalue weighted by Gasteiger charge is -2.08. The molecule has 0 fully saturated rings. The highest BCUT2D eigenvalue weighted by Gasteiger charge is 2.13. The van der Waals surface area contributed by atoms with E-state index in [1.807, 2.05) is 24.3 Å². The van der Waals surface area contributed by atoms with Gasteiger partial charge in [0.05, 0.1) is 0 Å². The predicted octanol–water partition coefficient (Wildman–Crippen LogP) is 2.50. The van der Waals surface area contributed by atoms with Crippen molar-refractivity contribution in [3.8, 4) is 11.5 Å². The summed E-state index contributed by atoms with van der Waals surface area (Å²) in [6.07, 6.45) is 0.0867. The van der Waals surface area contributed by atoms with Crippen molar-refractivity contribution in [1.29, 1.82) is 0 Å². The molecule has 6 heteroatoms. The van der Waals surface area contributed by atoms with Gasteiger partial charge in [-0.15, -0.1) is 0 Å². The third-order valence-corrected chi connectivity index (χ3v) is 3.13. The molecule has 0 amide bonds. The van der Waals surface area contributed by atoms with E-state index in [-0.39, 0.29) is 5.75 Å². The van der Waals surface area contributed by atoms with Gasteiger partial charge in [-0.2, -0.15) is 0 Å². The molecule has 0 saturated heterocycles. The molecule has 0 aliphatic carbocycles. The summed E-state index contributed by atoms with van der Waals surface area (Å²) >= 11 is 0. The minimum atomic E-state index is -4.15. The molecule has 0 aliphatic heterocycles. The van der Waals surface area contributed by atoms with Crippen LogP contribution in [-0.4, -0.2) is 21.2 Å². The molecule has 0 spiro atoms. The van der Waals surface area contributed by atoms with Crippen LogP contribution in [0.1, 0.15) is 11.1 Å². The number of aromatic hydroxyl groups is 1. The molecule has 0 bridgehead atoms. The summed E-state index contributed by atoms with van der Waals surface area (Å²) in [7, 11) is -4.15. The third kappa shape index (κ3) is 4.70. The van der Waals surface area contributed by atoms with Gasteiger partial charge in [-0.05, 0) is 41.8 Å². The Balaban J connectivity index is 1.97. The van der Waals surface area contributed by atoms with Crippen molar-refractivity contribution in [2.75, 3.05) is 6.35 Å². The van der Waals surface area contributed by atoms with Crippen LogP contribution in [0.4, 0.5) is 0 Å². The Morgan fingerprint density at radius 1 is 0.900 bits per heavy atom. The van der Waals surface area contributed by atoms with Gasteiger partial charge in [-0.25, -0.2) is 0 Å². The van der Waals surface area contributed by atoms with Crippen molar-refractivity contribution in [1.82, 2.24) is 0 Å². The standard InChI is InChI=1S/C14H15O5P/c15-13-5-1-11(2-6-13)9-12-3-7-14(8-4-12)19-10-20(16,17)18/h1-8,15H,9-10H2,(H2,16,17,18). The van der Waals surface area contributed by atoms with Crippen molar-refractivity contribution in [2.24, 2.45) is 0 Å². The zero-order chi connectivity index (χ0) is 14.6. The first-order valence-electron chi connectivity index (χ1n) is 5.97. The second kappa shape index (κ2) is 6.09. The summed E-state index contributed by atoms with van der Waals surface area (Å²) in [5.41, 5.74) is 2.10. The Kier molecular flexibility index (Phi) is 4.45. The Hall–Kier alpha value is -1.81. The van der Waals surface area contributed by atoms with Crippen molar-refractivity contribution >= 4 is 7.60 Å². The Bertz CT molecular complexity index is 600. The minimum absolute atomic E-state index is 0.231. The number of hydrogen-bond acceptors (Lipinski definition) is 3.